The van der Waals surface area contributed by atoms with Crippen molar-refractivity contribution in [3.8, 4) is 5.75 Å². The van der Waals surface area contributed by atoms with Gasteiger partial charge in [-0.05, 0) is 31.6 Å². The van der Waals surface area contributed by atoms with Crippen molar-refractivity contribution in [1.82, 2.24) is 10.3 Å². The van der Waals surface area contributed by atoms with E-state index in [0.717, 1.165) is 18.7 Å². The van der Waals surface area contributed by atoms with Gasteiger partial charge in [0.1, 0.15) is 0 Å². The molecule has 1 amide bonds. The third kappa shape index (κ3) is 3.15. The summed E-state index contributed by atoms with van der Waals surface area (Å²) in [7, 11) is 0. The molecule has 1 aromatic heterocycles. The van der Waals surface area contributed by atoms with Crippen LogP contribution in [0.3, 0.4) is 0 Å². The molecular formula is C11H16N4O2. The number of nitrogens with zero attached hydrogens (tertiary/aromatic N) is 1. The fourth-order valence-corrected chi connectivity index (χ4v) is 1.55. The molecule has 6 nitrogen and oxygen atoms in total. The number of anilines is 1. The van der Waals surface area contributed by atoms with Crippen molar-refractivity contribution in [3.63, 3.8) is 0 Å². The Kier molecular flexibility index (Phi) is 3.89. The highest BCUT2D eigenvalue weighted by Crippen LogP contribution is 2.24. The predicted octanol–water partition coefficient (Wildman–Crippen LogP) is -0.149. The zero-order valence-electron chi connectivity index (χ0n) is 9.53. The van der Waals surface area contributed by atoms with E-state index in [-0.39, 0.29) is 12.5 Å². The van der Waals surface area contributed by atoms with Crippen LogP contribution in [0.4, 0.5) is 5.82 Å². The molecule has 0 saturated heterocycles. The Morgan fingerprint density at radius 3 is 3.24 bits per heavy atom. The fourth-order valence-electron chi connectivity index (χ4n) is 1.55. The highest BCUT2D eigenvalue weighted by atomic mass is 16.5. The minimum absolute atomic E-state index is 0.0583. The number of carbonyl (C=O) groups excluding carboxylic acids is 1. The van der Waals surface area contributed by atoms with Crippen LogP contribution >= 0.6 is 0 Å². The Morgan fingerprint density at radius 2 is 2.41 bits per heavy atom. The zero-order valence-corrected chi connectivity index (χ0v) is 9.53. The molecule has 0 fully saturated rings. The second kappa shape index (κ2) is 5.60. The Morgan fingerprint density at radius 1 is 1.53 bits per heavy atom. The second-order valence-electron chi connectivity index (χ2n) is 3.81. The molecule has 6 heteroatoms. The van der Waals surface area contributed by atoms with Gasteiger partial charge < -0.3 is 21.1 Å². The third-order valence-corrected chi connectivity index (χ3v) is 2.40. The van der Waals surface area contributed by atoms with E-state index >= 15 is 0 Å². The summed E-state index contributed by atoms with van der Waals surface area (Å²) in [6, 6.07) is 3.70. The van der Waals surface area contributed by atoms with Crippen LogP contribution in [0.2, 0.25) is 0 Å². The summed E-state index contributed by atoms with van der Waals surface area (Å²) in [6.45, 7) is 2.25. The third-order valence-electron chi connectivity index (χ3n) is 2.40. The van der Waals surface area contributed by atoms with Gasteiger partial charge in [0.25, 0.3) is 5.91 Å². The first kappa shape index (κ1) is 11.8. The maximum atomic E-state index is 11.1. The van der Waals surface area contributed by atoms with Gasteiger partial charge in [0.2, 0.25) is 0 Å². The standard InChI is InChI=1S/C11H16N4O2/c12-4-1-5-13-6-8-2-3-9-11(14-8)15-10(16)7-17-9/h2-3,13H,1,4-7,12H2,(H,14,15,16). The second-order valence-corrected chi connectivity index (χ2v) is 3.81. The minimum Gasteiger partial charge on any atom is -0.480 e. The van der Waals surface area contributed by atoms with Gasteiger partial charge in [-0.15, -0.1) is 0 Å². The van der Waals surface area contributed by atoms with Crippen molar-refractivity contribution in [3.05, 3.63) is 17.8 Å². The number of hydrogen-bond donors (Lipinski definition) is 3. The van der Waals surface area contributed by atoms with Gasteiger partial charge in [0.15, 0.2) is 18.2 Å². The maximum absolute atomic E-state index is 11.1. The van der Waals surface area contributed by atoms with E-state index in [1.807, 2.05) is 12.1 Å². The van der Waals surface area contributed by atoms with Crippen LogP contribution in [0.25, 0.3) is 0 Å². The van der Waals surface area contributed by atoms with Crippen LogP contribution < -0.4 is 21.1 Å². The first-order valence-electron chi connectivity index (χ1n) is 5.63. The summed E-state index contributed by atoms with van der Waals surface area (Å²) < 4.78 is 5.22. The van der Waals surface area contributed by atoms with Gasteiger partial charge in [0.05, 0.1) is 5.69 Å². The zero-order chi connectivity index (χ0) is 12.1. The molecule has 0 spiro atoms. The molecule has 2 rings (SSSR count). The summed E-state index contributed by atoms with van der Waals surface area (Å²) in [4.78, 5) is 15.4. The molecule has 0 unspecified atom stereocenters. The molecule has 17 heavy (non-hydrogen) atoms. The molecule has 0 bridgehead atoms. The maximum Gasteiger partial charge on any atom is 0.263 e. The van der Waals surface area contributed by atoms with E-state index in [0.29, 0.717) is 24.7 Å². The molecule has 0 aromatic carbocycles. The molecule has 0 atom stereocenters. The molecule has 4 N–H and O–H groups in total. The number of hydrogen-bond acceptors (Lipinski definition) is 5. The molecular weight excluding hydrogens is 220 g/mol. The van der Waals surface area contributed by atoms with E-state index in [1.54, 1.807) is 0 Å². The van der Waals surface area contributed by atoms with E-state index in [2.05, 4.69) is 15.6 Å². The number of amides is 1. The number of aromatic nitrogens is 1. The van der Waals surface area contributed by atoms with Gasteiger partial charge >= 0.3 is 0 Å². The Bertz CT molecular complexity index is 408. The van der Waals surface area contributed by atoms with Crippen LogP contribution in [0.1, 0.15) is 12.1 Å². The summed E-state index contributed by atoms with van der Waals surface area (Å²) in [5, 5.41) is 5.90. The molecule has 1 aromatic rings. The monoisotopic (exact) mass is 236 g/mol. The fraction of sp³-hybridized carbons (Fsp3) is 0.455. The lowest BCUT2D eigenvalue weighted by Gasteiger charge is -2.17. The Balaban J connectivity index is 1.95. The topological polar surface area (TPSA) is 89.3 Å². The van der Waals surface area contributed by atoms with Crippen LogP contribution in [0.5, 0.6) is 5.75 Å². The van der Waals surface area contributed by atoms with Crippen molar-refractivity contribution in [1.29, 1.82) is 0 Å². The smallest absolute Gasteiger partial charge is 0.263 e. The molecule has 1 aliphatic rings. The summed E-state index contributed by atoms with van der Waals surface area (Å²) >= 11 is 0. The molecule has 0 radical (unpaired) electrons. The normalized spacial score (nSPS) is 13.8. The van der Waals surface area contributed by atoms with Crippen molar-refractivity contribution in [2.45, 2.75) is 13.0 Å². The Labute approximate surface area is 99.5 Å². The largest absolute Gasteiger partial charge is 0.480 e. The molecule has 2 heterocycles. The number of pyridine rings is 1. The number of fused-ring (bicyclic) bond motifs is 1. The molecule has 92 valence electrons. The average molecular weight is 236 g/mol. The van der Waals surface area contributed by atoms with Crippen molar-refractivity contribution in [2.75, 3.05) is 25.0 Å². The Hall–Kier alpha value is -1.66. The van der Waals surface area contributed by atoms with E-state index in [9.17, 15) is 4.79 Å². The summed E-state index contributed by atoms with van der Waals surface area (Å²) in [5.41, 5.74) is 6.26. The lowest BCUT2D eigenvalue weighted by molar-refractivity contribution is -0.118. The molecule has 0 saturated carbocycles. The van der Waals surface area contributed by atoms with Gasteiger partial charge in [-0.25, -0.2) is 4.98 Å². The number of nitrogens with one attached hydrogen (secondary N) is 2. The number of rotatable bonds is 5. The van der Waals surface area contributed by atoms with Crippen LogP contribution in [-0.4, -0.2) is 30.6 Å². The van der Waals surface area contributed by atoms with Gasteiger partial charge in [-0.1, -0.05) is 0 Å². The highest BCUT2D eigenvalue weighted by Gasteiger charge is 2.17. The van der Waals surface area contributed by atoms with Gasteiger partial charge in [0, 0.05) is 6.54 Å². The average Bonchev–Trinajstić information content (AvgIpc) is 2.34. The van der Waals surface area contributed by atoms with E-state index < -0.39 is 0 Å². The van der Waals surface area contributed by atoms with Gasteiger partial charge in [-0.3, -0.25) is 4.79 Å². The van der Waals surface area contributed by atoms with Crippen molar-refractivity contribution in [2.24, 2.45) is 5.73 Å². The number of ether oxygens (including phenoxy) is 1. The van der Waals surface area contributed by atoms with Crippen molar-refractivity contribution < 1.29 is 9.53 Å². The van der Waals surface area contributed by atoms with Crippen LogP contribution in [0, 0.1) is 0 Å². The SMILES string of the molecule is NCCCNCc1ccc2c(n1)NC(=O)CO2. The number of carbonyl (C=O) groups is 1. The lowest BCUT2D eigenvalue weighted by atomic mass is 10.3. The summed E-state index contributed by atoms with van der Waals surface area (Å²) in [6.07, 6.45) is 0.935. The van der Waals surface area contributed by atoms with Crippen molar-refractivity contribution >= 4 is 11.7 Å². The summed E-state index contributed by atoms with van der Waals surface area (Å²) in [5.74, 6) is 0.952. The van der Waals surface area contributed by atoms with E-state index in [4.69, 9.17) is 10.5 Å². The quantitative estimate of drug-likeness (QED) is 0.619. The van der Waals surface area contributed by atoms with Gasteiger partial charge in [-0.2, -0.15) is 0 Å². The first-order chi connectivity index (χ1) is 8.29. The van der Waals surface area contributed by atoms with Crippen LogP contribution in [0.15, 0.2) is 12.1 Å². The molecule has 0 aliphatic carbocycles. The minimum atomic E-state index is -0.168. The predicted molar refractivity (Wildman–Crippen MR) is 63.7 cm³/mol. The van der Waals surface area contributed by atoms with E-state index in [1.165, 1.54) is 0 Å². The van der Waals surface area contributed by atoms with Crippen LogP contribution in [-0.2, 0) is 11.3 Å². The lowest BCUT2D eigenvalue weighted by Crippen LogP contribution is -2.27. The first-order valence-corrected chi connectivity index (χ1v) is 5.63. The molecule has 1 aliphatic heterocycles. The number of nitrogens with two attached hydrogens (primary N) is 1. The highest BCUT2D eigenvalue weighted by molar-refractivity contribution is 5.94.